The van der Waals surface area contributed by atoms with Gasteiger partial charge in [0.15, 0.2) is 0 Å². The van der Waals surface area contributed by atoms with Crippen molar-refractivity contribution in [3.63, 3.8) is 0 Å². The number of benzene rings is 1. The van der Waals surface area contributed by atoms with E-state index in [-0.39, 0.29) is 23.1 Å². The number of hydrogen-bond acceptors (Lipinski definition) is 3. The van der Waals surface area contributed by atoms with Crippen molar-refractivity contribution in [3.05, 3.63) is 46.4 Å². The summed E-state index contributed by atoms with van der Waals surface area (Å²) in [5, 5.41) is 3.04. The highest BCUT2D eigenvalue weighted by atomic mass is 35.5. The number of ether oxygens (including phenoxy) is 2. The molecule has 1 fully saturated rings. The van der Waals surface area contributed by atoms with Gasteiger partial charge in [0.1, 0.15) is 11.9 Å². The standard InChI is InChI=1S/C16H17ClFNO3/c17-12-4-3-10(8-13(12)18)15-14(5-7-22-15)19-16(20)11-2-1-6-21-9-11/h3-4,8-9,14-15H,1-2,5-7H2,(H,19,20)/t14-,15+/m1/s1. The molecule has 1 aromatic rings. The van der Waals surface area contributed by atoms with E-state index in [9.17, 15) is 9.18 Å². The number of halogens is 2. The van der Waals surface area contributed by atoms with Crippen molar-refractivity contribution in [3.8, 4) is 0 Å². The van der Waals surface area contributed by atoms with Crippen LogP contribution in [0.2, 0.25) is 5.02 Å². The average Bonchev–Trinajstić information content (AvgIpc) is 2.99. The fraction of sp³-hybridized carbons (Fsp3) is 0.438. The van der Waals surface area contributed by atoms with Crippen LogP contribution in [0.1, 0.15) is 30.9 Å². The van der Waals surface area contributed by atoms with Crippen molar-refractivity contribution in [2.45, 2.75) is 31.4 Å². The molecule has 0 aliphatic carbocycles. The largest absolute Gasteiger partial charge is 0.501 e. The maximum absolute atomic E-state index is 13.6. The van der Waals surface area contributed by atoms with Gasteiger partial charge in [-0.3, -0.25) is 4.79 Å². The summed E-state index contributed by atoms with van der Waals surface area (Å²) in [6.45, 7) is 1.17. The van der Waals surface area contributed by atoms with Crippen LogP contribution >= 0.6 is 11.6 Å². The van der Waals surface area contributed by atoms with Gasteiger partial charge in [0.2, 0.25) is 0 Å². The molecule has 2 atom stereocenters. The van der Waals surface area contributed by atoms with Gasteiger partial charge >= 0.3 is 0 Å². The van der Waals surface area contributed by atoms with Gasteiger partial charge in [0, 0.05) is 6.61 Å². The topological polar surface area (TPSA) is 47.6 Å². The van der Waals surface area contributed by atoms with E-state index in [4.69, 9.17) is 21.1 Å². The minimum Gasteiger partial charge on any atom is -0.501 e. The second-order valence-electron chi connectivity index (χ2n) is 5.45. The first-order valence-corrected chi connectivity index (χ1v) is 7.71. The van der Waals surface area contributed by atoms with Gasteiger partial charge in [-0.2, -0.15) is 0 Å². The first kappa shape index (κ1) is 15.3. The van der Waals surface area contributed by atoms with Crippen LogP contribution in [0.5, 0.6) is 0 Å². The third-order valence-electron chi connectivity index (χ3n) is 3.91. The Morgan fingerprint density at radius 1 is 1.36 bits per heavy atom. The van der Waals surface area contributed by atoms with E-state index in [2.05, 4.69) is 5.32 Å². The molecular formula is C16H17ClFNO3. The Morgan fingerprint density at radius 2 is 2.23 bits per heavy atom. The lowest BCUT2D eigenvalue weighted by molar-refractivity contribution is -0.119. The maximum Gasteiger partial charge on any atom is 0.250 e. The summed E-state index contributed by atoms with van der Waals surface area (Å²) < 4.78 is 24.5. The Labute approximate surface area is 133 Å². The summed E-state index contributed by atoms with van der Waals surface area (Å²) in [6.07, 6.45) is 3.40. The quantitative estimate of drug-likeness (QED) is 0.929. The van der Waals surface area contributed by atoms with Crippen LogP contribution in [-0.4, -0.2) is 25.2 Å². The molecule has 4 nitrogen and oxygen atoms in total. The molecule has 1 aromatic carbocycles. The summed E-state index contributed by atoms with van der Waals surface area (Å²) in [5.74, 6) is -0.627. The van der Waals surface area contributed by atoms with Crippen molar-refractivity contribution in [2.75, 3.05) is 13.2 Å². The average molecular weight is 326 g/mol. The number of carbonyl (C=O) groups is 1. The molecule has 0 spiro atoms. The molecule has 1 saturated heterocycles. The molecule has 22 heavy (non-hydrogen) atoms. The summed E-state index contributed by atoms with van der Waals surface area (Å²) in [4.78, 5) is 12.2. The molecule has 0 aromatic heterocycles. The van der Waals surface area contributed by atoms with Gasteiger partial charge in [-0.15, -0.1) is 0 Å². The van der Waals surface area contributed by atoms with Crippen LogP contribution < -0.4 is 5.32 Å². The van der Waals surface area contributed by atoms with Crippen LogP contribution in [0.25, 0.3) is 0 Å². The fourth-order valence-corrected chi connectivity index (χ4v) is 2.87. The predicted molar refractivity (Wildman–Crippen MR) is 79.9 cm³/mol. The lowest BCUT2D eigenvalue weighted by atomic mass is 10.0. The van der Waals surface area contributed by atoms with Crippen LogP contribution in [-0.2, 0) is 14.3 Å². The third-order valence-corrected chi connectivity index (χ3v) is 4.21. The molecule has 1 N–H and O–H groups in total. The molecule has 2 aliphatic rings. The molecule has 0 unspecified atom stereocenters. The van der Waals surface area contributed by atoms with Crippen molar-refractivity contribution in [2.24, 2.45) is 0 Å². The summed E-state index contributed by atoms with van der Waals surface area (Å²) in [5.41, 5.74) is 1.32. The van der Waals surface area contributed by atoms with Crippen LogP contribution in [0.15, 0.2) is 30.0 Å². The number of nitrogens with one attached hydrogen (secondary N) is 1. The summed E-state index contributed by atoms with van der Waals surface area (Å²) in [6, 6.07) is 4.41. The molecule has 2 heterocycles. The Hall–Kier alpha value is -1.59. The molecule has 0 radical (unpaired) electrons. The third kappa shape index (κ3) is 3.25. The second kappa shape index (κ2) is 6.67. The Kier molecular flexibility index (Phi) is 4.64. The minimum absolute atomic E-state index is 0.0758. The Balaban J connectivity index is 1.71. The molecule has 2 aliphatic heterocycles. The van der Waals surface area contributed by atoms with E-state index < -0.39 is 5.82 Å². The van der Waals surface area contributed by atoms with Gasteiger partial charge in [-0.25, -0.2) is 4.39 Å². The molecule has 0 bridgehead atoms. The van der Waals surface area contributed by atoms with Crippen LogP contribution in [0.3, 0.4) is 0 Å². The van der Waals surface area contributed by atoms with Crippen LogP contribution in [0, 0.1) is 5.82 Å². The summed E-state index contributed by atoms with van der Waals surface area (Å²) in [7, 11) is 0. The number of rotatable bonds is 3. The van der Waals surface area contributed by atoms with Crippen molar-refractivity contribution < 1.29 is 18.7 Å². The Morgan fingerprint density at radius 3 is 2.95 bits per heavy atom. The molecule has 1 amide bonds. The van der Waals surface area contributed by atoms with Gasteiger partial charge in [-0.05, 0) is 37.0 Å². The monoisotopic (exact) mass is 325 g/mol. The van der Waals surface area contributed by atoms with Gasteiger partial charge in [0.25, 0.3) is 5.91 Å². The van der Waals surface area contributed by atoms with E-state index in [1.54, 1.807) is 6.07 Å². The van der Waals surface area contributed by atoms with Gasteiger partial charge in [-0.1, -0.05) is 17.7 Å². The smallest absolute Gasteiger partial charge is 0.250 e. The highest BCUT2D eigenvalue weighted by molar-refractivity contribution is 6.30. The van der Waals surface area contributed by atoms with E-state index in [0.29, 0.717) is 37.2 Å². The van der Waals surface area contributed by atoms with E-state index in [1.807, 2.05) is 0 Å². The molecule has 6 heteroatoms. The first-order chi connectivity index (χ1) is 10.6. The number of carbonyl (C=O) groups excluding carboxylic acids is 1. The zero-order valence-electron chi connectivity index (χ0n) is 12.0. The Bertz CT molecular complexity index is 605. The predicted octanol–water partition coefficient (Wildman–Crippen LogP) is 3.12. The van der Waals surface area contributed by atoms with Crippen molar-refractivity contribution in [1.29, 1.82) is 0 Å². The van der Waals surface area contributed by atoms with E-state index in [1.165, 1.54) is 18.4 Å². The SMILES string of the molecule is O=C(N[C@@H]1CCO[C@H]1c1ccc(Cl)c(F)c1)C1=COCCC1. The van der Waals surface area contributed by atoms with E-state index in [0.717, 1.165) is 6.42 Å². The first-order valence-electron chi connectivity index (χ1n) is 7.33. The van der Waals surface area contributed by atoms with Crippen LogP contribution in [0.4, 0.5) is 4.39 Å². The fourth-order valence-electron chi connectivity index (χ4n) is 2.75. The van der Waals surface area contributed by atoms with Crippen molar-refractivity contribution >= 4 is 17.5 Å². The zero-order valence-corrected chi connectivity index (χ0v) is 12.7. The normalized spacial score (nSPS) is 24.5. The van der Waals surface area contributed by atoms with Crippen molar-refractivity contribution in [1.82, 2.24) is 5.32 Å². The minimum atomic E-state index is -0.483. The molecule has 0 saturated carbocycles. The lowest BCUT2D eigenvalue weighted by Gasteiger charge is -2.22. The van der Waals surface area contributed by atoms with Gasteiger partial charge < -0.3 is 14.8 Å². The van der Waals surface area contributed by atoms with E-state index >= 15 is 0 Å². The molecule has 118 valence electrons. The molecular weight excluding hydrogens is 309 g/mol. The number of amides is 1. The second-order valence-corrected chi connectivity index (χ2v) is 5.86. The highest BCUT2D eigenvalue weighted by Crippen LogP contribution is 2.31. The maximum atomic E-state index is 13.6. The number of hydrogen-bond donors (Lipinski definition) is 1. The zero-order chi connectivity index (χ0) is 15.5. The summed E-state index contributed by atoms with van der Waals surface area (Å²) >= 11 is 5.70. The lowest BCUT2D eigenvalue weighted by Crippen LogP contribution is -2.38. The highest BCUT2D eigenvalue weighted by Gasteiger charge is 2.32. The van der Waals surface area contributed by atoms with Gasteiger partial charge in [0.05, 0.1) is 29.5 Å². The molecule has 3 rings (SSSR count).